The molecule has 0 fully saturated rings. The molecule has 0 unspecified atom stereocenters. The first-order valence-corrected chi connectivity index (χ1v) is 5.20. The number of carbonyl (C=O) groups excluding carboxylic acids is 1. The quantitative estimate of drug-likeness (QED) is 0.486. The summed E-state index contributed by atoms with van der Waals surface area (Å²) in [5, 5.41) is 0. The SMILES string of the molecule is Brc1ccccc1.CCCC(=O)NN. The molecule has 0 aliphatic heterocycles. The molecule has 0 aliphatic rings. The van der Waals surface area contributed by atoms with Gasteiger partial charge in [-0.05, 0) is 18.6 Å². The third-order valence-electron chi connectivity index (χ3n) is 1.37. The van der Waals surface area contributed by atoms with E-state index >= 15 is 0 Å². The number of hydrogen-bond acceptors (Lipinski definition) is 2. The average Bonchev–Trinajstić information content (AvgIpc) is 2.20. The Labute approximate surface area is 92.8 Å². The number of amides is 1. The van der Waals surface area contributed by atoms with E-state index in [1.54, 1.807) is 0 Å². The van der Waals surface area contributed by atoms with E-state index in [2.05, 4.69) is 15.9 Å². The molecule has 0 heterocycles. The summed E-state index contributed by atoms with van der Waals surface area (Å²) in [7, 11) is 0. The van der Waals surface area contributed by atoms with Gasteiger partial charge in [-0.1, -0.05) is 41.1 Å². The van der Waals surface area contributed by atoms with Crippen LogP contribution in [-0.4, -0.2) is 5.91 Å². The zero-order valence-electron chi connectivity index (χ0n) is 8.16. The highest BCUT2D eigenvalue weighted by molar-refractivity contribution is 9.10. The zero-order chi connectivity index (χ0) is 10.8. The maximum atomic E-state index is 10.2. The fourth-order valence-electron chi connectivity index (χ4n) is 0.714. The predicted octanol–water partition coefficient (Wildman–Crippen LogP) is 2.23. The lowest BCUT2D eigenvalue weighted by molar-refractivity contribution is -0.121. The maximum absolute atomic E-state index is 10.2. The Kier molecular flexibility index (Phi) is 8.17. The molecule has 1 aromatic rings. The van der Waals surface area contributed by atoms with Gasteiger partial charge in [0.25, 0.3) is 0 Å². The van der Waals surface area contributed by atoms with Crippen LogP contribution in [0.5, 0.6) is 0 Å². The summed E-state index contributed by atoms with van der Waals surface area (Å²) in [6.07, 6.45) is 1.37. The molecule has 78 valence electrons. The zero-order valence-corrected chi connectivity index (χ0v) is 9.75. The van der Waals surface area contributed by atoms with Crippen LogP contribution in [0.4, 0.5) is 0 Å². The van der Waals surface area contributed by atoms with Crippen LogP contribution < -0.4 is 11.3 Å². The summed E-state index contributed by atoms with van der Waals surface area (Å²) >= 11 is 3.31. The first kappa shape index (κ1) is 13.1. The Morgan fingerprint density at radius 1 is 1.43 bits per heavy atom. The van der Waals surface area contributed by atoms with Crippen LogP contribution in [-0.2, 0) is 4.79 Å². The van der Waals surface area contributed by atoms with Crippen molar-refractivity contribution in [2.75, 3.05) is 0 Å². The van der Waals surface area contributed by atoms with Crippen molar-refractivity contribution in [3.63, 3.8) is 0 Å². The molecular formula is C10H15BrN2O. The molecule has 0 saturated heterocycles. The minimum atomic E-state index is -0.0949. The van der Waals surface area contributed by atoms with Crippen molar-refractivity contribution >= 4 is 21.8 Å². The lowest BCUT2D eigenvalue weighted by atomic mass is 10.3. The Hall–Kier alpha value is -0.870. The third-order valence-corrected chi connectivity index (χ3v) is 1.90. The van der Waals surface area contributed by atoms with Gasteiger partial charge in [0, 0.05) is 10.9 Å². The molecule has 3 nitrogen and oxygen atoms in total. The fraction of sp³-hybridized carbons (Fsp3) is 0.300. The van der Waals surface area contributed by atoms with Gasteiger partial charge in [0.1, 0.15) is 0 Å². The van der Waals surface area contributed by atoms with E-state index in [9.17, 15) is 4.79 Å². The highest BCUT2D eigenvalue weighted by Crippen LogP contribution is 2.05. The summed E-state index contributed by atoms with van der Waals surface area (Å²) in [4.78, 5) is 10.2. The molecule has 1 amide bonds. The van der Waals surface area contributed by atoms with Crippen molar-refractivity contribution in [3.8, 4) is 0 Å². The van der Waals surface area contributed by atoms with Crippen molar-refractivity contribution in [1.82, 2.24) is 5.43 Å². The predicted molar refractivity (Wildman–Crippen MR) is 61.4 cm³/mol. The molecule has 0 spiro atoms. The van der Waals surface area contributed by atoms with Crippen molar-refractivity contribution in [1.29, 1.82) is 0 Å². The van der Waals surface area contributed by atoms with Crippen LogP contribution in [0.15, 0.2) is 34.8 Å². The van der Waals surface area contributed by atoms with Gasteiger partial charge in [0.05, 0.1) is 0 Å². The highest BCUT2D eigenvalue weighted by atomic mass is 79.9. The monoisotopic (exact) mass is 258 g/mol. The minimum Gasteiger partial charge on any atom is -0.294 e. The van der Waals surface area contributed by atoms with Crippen molar-refractivity contribution in [2.24, 2.45) is 5.84 Å². The average molecular weight is 259 g/mol. The fourth-order valence-corrected chi connectivity index (χ4v) is 1.02. The lowest BCUT2D eigenvalue weighted by Crippen LogP contribution is -2.29. The van der Waals surface area contributed by atoms with E-state index in [1.165, 1.54) is 0 Å². The van der Waals surface area contributed by atoms with E-state index in [0.717, 1.165) is 10.9 Å². The minimum absolute atomic E-state index is 0.0949. The standard InChI is InChI=1S/C6H5Br.C4H10N2O/c7-6-4-2-1-3-5-6;1-2-3-4(7)6-5/h1-5H;2-3,5H2,1H3,(H,6,7). The van der Waals surface area contributed by atoms with Crippen molar-refractivity contribution in [2.45, 2.75) is 19.8 Å². The van der Waals surface area contributed by atoms with Crippen LogP contribution in [0.1, 0.15) is 19.8 Å². The smallest absolute Gasteiger partial charge is 0.233 e. The Bertz CT molecular complexity index is 252. The molecule has 0 radical (unpaired) electrons. The summed E-state index contributed by atoms with van der Waals surface area (Å²) in [6.45, 7) is 1.93. The van der Waals surface area contributed by atoms with Crippen LogP contribution in [0.2, 0.25) is 0 Å². The molecule has 0 aromatic heterocycles. The number of rotatable bonds is 2. The highest BCUT2D eigenvalue weighted by Gasteiger charge is 1.90. The molecule has 1 aromatic carbocycles. The van der Waals surface area contributed by atoms with E-state index in [1.807, 2.05) is 42.7 Å². The van der Waals surface area contributed by atoms with Gasteiger partial charge in [0.2, 0.25) is 5.91 Å². The van der Waals surface area contributed by atoms with Gasteiger partial charge in [0.15, 0.2) is 0 Å². The second kappa shape index (κ2) is 8.72. The summed E-state index contributed by atoms with van der Waals surface area (Å²) in [5.74, 6) is 4.66. The largest absolute Gasteiger partial charge is 0.294 e. The second-order valence-corrected chi connectivity index (χ2v) is 3.53. The van der Waals surface area contributed by atoms with Gasteiger partial charge in [-0.15, -0.1) is 0 Å². The van der Waals surface area contributed by atoms with Gasteiger partial charge >= 0.3 is 0 Å². The molecular weight excluding hydrogens is 244 g/mol. The molecule has 3 N–H and O–H groups in total. The number of benzene rings is 1. The molecule has 0 bridgehead atoms. The van der Waals surface area contributed by atoms with Gasteiger partial charge in [-0.25, -0.2) is 5.84 Å². The number of hydrogen-bond donors (Lipinski definition) is 2. The summed E-state index contributed by atoms with van der Waals surface area (Å²) < 4.78 is 1.13. The number of halogens is 1. The second-order valence-electron chi connectivity index (χ2n) is 2.61. The maximum Gasteiger partial charge on any atom is 0.233 e. The normalized spacial score (nSPS) is 8.50. The first-order chi connectivity index (χ1) is 6.70. The first-order valence-electron chi connectivity index (χ1n) is 4.40. The Balaban J connectivity index is 0.000000241. The van der Waals surface area contributed by atoms with Gasteiger partial charge < -0.3 is 0 Å². The van der Waals surface area contributed by atoms with Crippen LogP contribution in [0.3, 0.4) is 0 Å². The topological polar surface area (TPSA) is 55.1 Å². The number of carbonyl (C=O) groups is 1. The molecule has 0 atom stereocenters. The molecule has 0 aliphatic carbocycles. The van der Waals surface area contributed by atoms with Gasteiger partial charge in [-0.3, -0.25) is 10.2 Å². The van der Waals surface area contributed by atoms with E-state index in [-0.39, 0.29) is 5.91 Å². The lowest BCUT2D eigenvalue weighted by Gasteiger charge is -1.91. The van der Waals surface area contributed by atoms with E-state index in [0.29, 0.717) is 6.42 Å². The van der Waals surface area contributed by atoms with Crippen LogP contribution in [0, 0.1) is 0 Å². The Morgan fingerprint density at radius 2 is 2.00 bits per heavy atom. The third kappa shape index (κ3) is 7.76. The molecule has 0 saturated carbocycles. The van der Waals surface area contributed by atoms with Crippen molar-refractivity contribution in [3.05, 3.63) is 34.8 Å². The van der Waals surface area contributed by atoms with Crippen LogP contribution >= 0.6 is 15.9 Å². The Morgan fingerprint density at radius 3 is 2.21 bits per heavy atom. The molecule has 14 heavy (non-hydrogen) atoms. The number of nitrogens with two attached hydrogens (primary N) is 1. The van der Waals surface area contributed by atoms with Crippen molar-refractivity contribution < 1.29 is 4.79 Å². The summed E-state index contributed by atoms with van der Waals surface area (Å²) in [5.41, 5.74) is 2.03. The van der Waals surface area contributed by atoms with Gasteiger partial charge in [-0.2, -0.15) is 0 Å². The van der Waals surface area contributed by atoms with Crippen LogP contribution in [0.25, 0.3) is 0 Å². The van der Waals surface area contributed by atoms with E-state index < -0.39 is 0 Å². The molecule has 4 heteroatoms. The number of nitrogens with one attached hydrogen (secondary N) is 1. The molecule has 1 rings (SSSR count). The number of hydrazine groups is 1. The van der Waals surface area contributed by atoms with E-state index in [4.69, 9.17) is 5.84 Å². The summed E-state index contributed by atoms with van der Waals surface area (Å²) in [6, 6.07) is 9.97.